The van der Waals surface area contributed by atoms with Crippen LogP contribution >= 0.6 is 0 Å². The number of carbonyl (C=O) groups excluding carboxylic acids is 7. The van der Waals surface area contributed by atoms with E-state index in [1.54, 1.807) is 126 Å². The number of rotatable bonds is 28. The van der Waals surface area contributed by atoms with E-state index in [1.807, 2.05) is 79.7 Å². The van der Waals surface area contributed by atoms with Crippen LogP contribution in [0.5, 0.6) is 0 Å². The number of para-hydroxylation sites is 1. The normalized spacial score (nSPS) is 16.8. The van der Waals surface area contributed by atoms with Crippen molar-refractivity contribution in [1.29, 1.82) is 0 Å². The van der Waals surface area contributed by atoms with Gasteiger partial charge in [0.05, 0.1) is 153 Å². The largest absolute Gasteiger partial charge is 0.462 e. The fraction of sp³-hybridized carbons (Fsp3) is 0.476. The van der Waals surface area contributed by atoms with Crippen molar-refractivity contribution in [1.82, 2.24) is 0 Å². The summed E-state index contributed by atoms with van der Waals surface area (Å²) >= 11 is 0. The minimum atomic E-state index is -0.361. The zero-order valence-electron chi connectivity index (χ0n) is 79.6. The van der Waals surface area contributed by atoms with Crippen LogP contribution < -0.4 is 72.0 Å². The van der Waals surface area contributed by atoms with Crippen molar-refractivity contribution in [3.63, 3.8) is 0 Å². The Morgan fingerprint density at radius 2 is 0.538 bits per heavy atom. The van der Waals surface area contributed by atoms with Crippen LogP contribution in [0.2, 0.25) is 0 Å². The smallest absolute Gasteiger partial charge is 0.338 e. The van der Waals surface area contributed by atoms with E-state index in [1.165, 1.54) is 141 Å². The molecule has 0 bridgehead atoms. The number of benzene rings is 8. The van der Waals surface area contributed by atoms with Crippen molar-refractivity contribution >= 4 is 121 Å². The Morgan fingerprint density at radius 1 is 0.288 bits per heavy atom. The number of esters is 7. The molecule has 0 heterocycles. The molecule has 716 valence electrons. The second-order valence-corrected chi connectivity index (χ2v) is 35.4. The molecule has 6 aliphatic rings. The second kappa shape index (κ2) is 54.3. The van der Waals surface area contributed by atoms with E-state index in [0.29, 0.717) is 167 Å². The van der Waals surface area contributed by atoms with Crippen molar-refractivity contribution in [2.24, 2.45) is 23.2 Å². The van der Waals surface area contributed by atoms with Gasteiger partial charge in [0.25, 0.3) is 0 Å². The monoisotopic (exact) mass is 1810 g/mol. The standard InChI is InChI=1S/C20H31NO2.C16H24N2O2.C15H22N2O2.C15H16N2O2.C14H20N2O2.C13H18N2O2.C12H16N2O2/c1-5-23-19(22)16-9-8-15(18(21)13-16)12-14-6-10-17(11-7-14)20(2,3)4;1-3-20-16(19)12-6-9-15(14(17)10-12)18-13-7-4-11(2)5-8-13;2*1-2-19-15(18)11-8-9-14(13(16)10-11)17-12-6-4-3-5-7-12;1-2-18-14(17)10-7-8-13(12(15)9-10)16-11-5-3-4-6-11;1-2-17-13(16)9-6-7-12(11(14)8-9)15-10-4-3-5-10;1-2-16-12(15)8-3-6-11(10(13)7-8)14-9-4-5-9/h8-9,13-14,17H,5-7,10-12,21H2,1-4H3;6,9-11,13,18H,3-5,7-8,17H2,1-2H3;8-10,12,17H,2-7,16H2,1H3;3-10,17H,2,16H2,1H3;7-9,11,16H,2-6,15H2,1H3;6-8,10,15H,2-5,14H2,1H3;3,6-7,9,14H,2,4-5,13H2,1H3. The highest BCUT2D eigenvalue weighted by Gasteiger charge is 2.31. The number of ether oxygens (including phenoxy) is 7. The van der Waals surface area contributed by atoms with Crippen molar-refractivity contribution in [2.45, 2.75) is 254 Å². The maximum Gasteiger partial charge on any atom is 0.338 e. The van der Waals surface area contributed by atoms with Gasteiger partial charge in [0.15, 0.2) is 0 Å². The summed E-state index contributed by atoms with van der Waals surface area (Å²) in [5.41, 5.74) is 57.5. The first-order chi connectivity index (χ1) is 63.4. The first-order valence-electron chi connectivity index (χ1n) is 47.5. The summed E-state index contributed by atoms with van der Waals surface area (Å²) in [4.78, 5) is 81.1. The predicted molar refractivity (Wildman–Crippen MR) is 535 cm³/mol. The van der Waals surface area contributed by atoms with Crippen molar-refractivity contribution < 1.29 is 66.7 Å². The summed E-state index contributed by atoms with van der Waals surface area (Å²) in [7, 11) is 0. The van der Waals surface area contributed by atoms with E-state index in [0.717, 1.165) is 63.6 Å². The number of nitrogen functional groups attached to an aromatic ring is 7. The van der Waals surface area contributed by atoms with Gasteiger partial charge in [-0.3, -0.25) is 0 Å². The maximum absolute atomic E-state index is 11.8. The molecule has 6 saturated carbocycles. The summed E-state index contributed by atoms with van der Waals surface area (Å²) < 4.78 is 34.6. The Hall–Kier alpha value is -12.6. The average molecular weight is 1820 g/mol. The SMILES string of the molecule is CCOC(=O)c1ccc(CC2CCC(C(C)(C)C)CC2)c(N)c1.CCOC(=O)c1ccc(NC2CC2)c(N)c1.CCOC(=O)c1ccc(NC2CCC(C)CC2)c(N)c1.CCOC(=O)c1ccc(NC2CCC2)c(N)c1.CCOC(=O)c1ccc(NC2CCCC2)c(N)c1.CCOC(=O)c1ccc(NC2CCCCC2)c(N)c1.CCOC(=O)c1ccc(Nc2ccccc2)c(N)c1. The fourth-order valence-electron chi connectivity index (χ4n) is 16.1. The van der Waals surface area contributed by atoms with Crippen LogP contribution in [0.3, 0.4) is 0 Å². The summed E-state index contributed by atoms with van der Waals surface area (Å²) in [6.07, 6.45) is 28.4. The molecule has 6 fully saturated rings. The maximum atomic E-state index is 11.8. The first kappa shape index (κ1) is 105. The average Bonchev–Trinajstić information content (AvgIpc) is 1.50. The molecule has 20 N–H and O–H groups in total. The molecule has 27 heteroatoms. The van der Waals surface area contributed by atoms with Crippen molar-refractivity contribution in [3.05, 3.63) is 202 Å². The van der Waals surface area contributed by atoms with Gasteiger partial charge in [-0.1, -0.05) is 84.1 Å². The third-order valence-corrected chi connectivity index (χ3v) is 24.1. The lowest BCUT2D eigenvalue weighted by Crippen LogP contribution is -2.27. The molecule has 0 aromatic heterocycles. The zero-order valence-corrected chi connectivity index (χ0v) is 79.6. The molecule has 0 unspecified atom stereocenters. The van der Waals surface area contributed by atoms with E-state index in [2.05, 4.69) is 59.6 Å². The first-order valence-corrected chi connectivity index (χ1v) is 47.5. The summed E-state index contributed by atoms with van der Waals surface area (Å²) in [6.45, 7) is 24.5. The van der Waals surface area contributed by atoms with E-state index in [9.17, 15) is 33.6 Å². The fourth-order valence-corrected chi connectivity index (χ4v) is 16.1. The Bertz CT molecular complexity index is 4970. The molecule has 0 spiro atoms. The van der Waals surface area contributed by atoms with Gasteiger partial charge >= 0.3 is 41.8 Å². The molecule has 27 nitrogen and oxygen atoms in total. The number of anilines is 14. The molecular weight excluding hydrogens is 1670 g/mol. The van der Waals surface area contributed by atoms with Crippen LogP contribution in [-0.4, -0.2) is 118 Å². The Kier molecular flexibility index (Phi) is 43.1. The van der Waals surface area contributed by atoms with Gasteiger partial charge in [0.2, 0.25) is 0 Å². The number of hydrogen-bond acceptors (Lipinski definition) is 27. The molecule has 132 heavy (non-hydrogen) atoms. The molecule has 14 rings (SSSR count). The van der Waals surface area contributed by atoms with Crippen LogP contribution in [0, 0.1) is 23.2 Å². The van der Waals surface area contributed by atoms with Gasteiger partial charge in [-0.2, -0.15) is 0 Å². The highest BCUT2D eigenvalue weighted by atomic mass is 16.6. The van der Waals surface area contributed by atoms with Gasteiger partial charge in [-0.05, 0) is 326 Å². The van der Waals surface area contributed by atoms with E-state index < -0.39 is 0 Å². The van der Waals surface area contributed by atoms with Crippen LogP contribution in [-0.2, 0) is 39.6 Å². The number of nitrogens with two attached hydrogens (primary N) is 7. The molecule has 8 aromatic carbocycles. The third kappa shape index (κ3) is 35.0. The Morgan fingerprint density at radius 3 is 0.788 bits per heavy atom. The lowest BCUT2D eigenvalue weighted by atomic mass is 9.69. The lowest BCUT2D eigenvalue weighted by Gasteiger charge is -2.37. The third-order valence-electron chi connectivity index (χ3n) is 24.1. The van der Waals surface area contributed by atoms with Crippen LogP contribution in [0.15, 0.2) is 158 Å². The zero-order chi connectivity index (χ0) is 95.7. The van der Waals surface area contributed by atoms with Crippen LogP contribution in [0.1, 0.15) is 295 Å². The minimum absolute atomic E-state index is 0.295. The highest BCUT2D eigenvalue weighted by Crippen LogP contribution is 2.42. The van der Waals surface area contributed by atoms with Gasteiger partial charge < -0.3 is 105 Å². The summed E-state index contributed by atoms with van der Waals surface area (Å²) in [6, 6.07) is 49.4. The van der Waals surface area contributed by atoms with Crippen molar-refractivity contribution in [3.8, 4) is 0 Å². The summed E-state index contributed by atoms with van der Waals surface area (Å²) in [5.74, 6) is 0.106. The molecule has 6 aliphatic carbocycles. The van der Waals surface area contributed by atoms with Gasteiger partial charge in [-0.15, -0.1) is 0 Å². The highest BCUT2D eigenvalue weighted by molar-refractivity contribution is 5.96. The van der Waals surface area contributed by atoms with E-state index in [4.69, 9.17) is 73.3 Å². The summed E-state index contributed by atoms with van der Waals surface area (Å²) in [5, 5.41) is 20.3. The van der Waals surface area contributed by atoms with Crippen molar-refractivity contribution in [2.75, 3.05) is 118 Å². The van der Waals surface area contributed by atoms with E-state index >= 15 is 0 Å². The van der Waals surface area contributed by atoms with Gasteiger partial charge in [0.1, 0.15) is 0 Å². The Balaban J connectivity index is 0.000000190. The molecule has 0 saturated heterocycles. The van der Waals surface area contributed by atoms with Gasteiger partial charge in [0, 0.05) is 41.6 Å². The molecule has 0 radical (unpaired) electrons. The van der Waals surface area contributed by atoms with Crippen LogP contribution in [0.25, 0.3) is 0 Å². The second-order valence-electron chi connectivity index (χ2n) is 35.4. The topological polar surface area (TPSA) is 438 Å². The molecule has 0 atom stereocenters. The quantitative estimate of drug-likeness (QED) is 0.0123. The van der Waals surface area contributed by atoms with E-state index in [-0.39, 0.29) is 41.8 Å². The molecular formula is C105H147N13O14. The number of carbonyl (C=O) groups is 7. The van der Waals surface area contributed by atoms with Crippen LogP contribution in [0.4, 0.5) is 79.6 Å². The molecule has 0 amide bonds. The number of nitrogens with one attached hydrogen (secondary N) is 6. The lowest BCUT2D eigenvalue weighted by molar-refractivity contribution is 0.0517. The number of hydrogen-bond donors (Lipinski definition) is 13. The molecule has 8 aromatic rings. The Labute approximate surface area is 781 Å². The predicted octanol–water partition coefficient (Wildman–Crippen LogP) is 21.9. The molecule has 0 aliphatic heterocycles. The van der Waals surface area contributed by atoms with Gasteiger partial charge in [-0.25, -0.2) is 33.6 Å². The minimum Gasteiger partial charge on any atom is -0.462 e.